The third kappa shape index (κ3) is 2.33. The van der Waals surface area contributed by atoms with Gasteiger partial charge in [0, 0.05) is 13.0 Å². The Hall–Kier alpha value is -0.570. The van der Waals surface area contributed by atoms with Gasteiger partial charge in [0.15, 0.2) is 0 Å². The number of rotatable bonds is 1. The van der Waals surface area contributed by atoms with Crippen molar-refractivity contribution in [3.8, 4) is 0 Å². The van der Waals surface area contributed by atoms with E-state index in [0.717, 1.165) is 13.1 Å². The second-order valence-corrected chi connectivity index (χ2v) is 5.11. The molecule has 1 aliphatic heterocycles. The highest BCUT2D eigenvalue weighted by Gasteiger charge is 2.41. The molecule has 0 radical (unpaired) electrons. The van der Waals surface area contributed by atoms with Crippen LogP contribution in [0.15, 0.2) is 0 Å². The summed E-state index contributed by atoms with van der Waals surface area (Å²) >= 11 is 0. The number of carbonyl (C=O) groups excluding carboxylic acids is 1. The van der Waals surface area contributed by atoms with Crippen molar-refractivity contribution in [1.29, 1.82) is 0 Å². The summed E-state index contributed by atoms with van der Waals surface area (Å²) in [5.74, 6) is 0.139. The van der Waals surface area contributed by atoms with Crippen molar-refractivity contribution in [2.45, 2.75) is 51.5 Å². The molecule has 0 aromatic rings. The highest BCUT2D eigenvalue weighted by Crippen LogP contribution is 2.43. The van der Waals surface area contributed by atoms with Gasteiger partial charge < -0.3 is 10.6 Å². The standard InChI is InChI=1S/C12H22N2O/c1-10(15)14-11-4-2-3-5-12(11)6-8-13-9-7-12/h11,13H,2-9H2,1H3,(H,14,15). The smallest absolute Gasteiger partial charge is 0.217 e. The summed E-state index contributed by atoms with van der Waals surface area (Å²) in [6.45, 7) is 3.88. The fourth-order valence-electron chi connectivity index (χ4n) is 3.30. The summed E-state index contributed by atoms with van der Waals surface area (Å²) in [4.78, 5) is 11.2. The maximum absolute atomic E-state index is 11.2. The van der Waals surface area contributed by atoms with Crippen LogP contribution in [0.3, 0.4) is 0 Å². The molecule has 1 saturated heterocycles. The first-order valence-electron chi connectivity index (χ1n) is 6.21. The van der Waals surface area contributed by atoms with Gasteiger partial charge in [-0.2, -0.15) is 0 Å². The molecule has 0 aromatic heterocycles. The van der Waals surface area contributed by atoms with Crippen molar-refractivity contribution < 1.29 is 4.79 Å². The van der Waals surface area contributed by atoms with Gasteiger partial charge in [-0.1, -0.05) is 12.8 Å². The largest absolute Gasteiger partial charge is 0.353 e. The Morgan fingerprint density at radius 1 is 1.27 bits per heavy atom. The monoisotopic (exact) mass is 210 g/mol. The highest BCUT2D eigenvalue weighted by atomic mass is 16.1. The minimum Gasteiger partial charge on any atom is -0.353 e. The summed E-state index contributed by atoms with van der Waals surface area (Å²) in [6, 6.07) is 0.436. The SMILES string of the molecule is CC(=O)NC1CCCCC12CCNCC2. The number of amides is 1. The van der Waals surface area contributed by atoms with Crippen LogP contribution >= 0.6 is 0 Å². The molecule has 2 N–H and O–H groups in total. The normalized spacial score (nSPS) is 30.1. The van der Waals surface area contributed by atoms with E-state index in [1.807, 2.05) is 0 Å². The van der Waals surface area contributed by atoms with Crippen LogP contribution in [0.5, 0.6) is 0 Å². The Labute approximate surface area is 92.0 Å². The first kappa shape index (κ1) is 10.9. The predicted octanol–water partition coefficient (Wildman–Crippen LogP) is 1.43. The molecule has 15 heavy (non-hydrogen) atoms. The molecule has 86 valence electrons. The zero-order chi connectivity index (χ0) is 10.7. The molecule has 3 heteroatoms. The van der Waals surface area contributed by atoms with Crippen LogP contribution in [-0.4, -0.2) is 25.0 Å². The summed E-state index contributed by atoms with van der Waals surface area (Å²) in [6.07, 6.45) is 7.57. The van der Waals surface area contributed by atoms with Crippen LogP contribution in [0.25, 0.3) is 0 Å². The van der Waals surface area contributed by atoms with E-state index in [4.69, 9.17) is 0 Å². The minimum atomic E-state index is 0.139. The molecule has 0 bridgehead atoms. The number of nitrogens with one attached hydrogen (secondary N) is 2. The van der Waals surface area contributed by atoms with Crippen LogP contribution in [-0.2, 0) is 4.79 Å². The van der Waals surface area contributed by atoms with Crippen LogP contribution in [0.4, 0.5) is 0 Å². The van der Waals surface area contributed by atoms with E-state index in [0.29, 0.717) is 11.5 Å². The molecular weight excluding hydrogens is 188 g/mol. The first-order valence-corrected chi connectivity index (χ1v) is 6.21. The molecule has 1 amide bonds. The summed E-state index contributed by atoms with van der Waals surface area (Å²) in [7, 11) is 0. The van der Waals surface area contributed by atoms with Crippen LogP contribution in [0.1, 0.15) is 45.4 Å². The highest BCUT2D eigenvalue weighted by molar-refractivity contribution is 5.73. The van der Waals surface area contributed by atoms with Gasteiger partial charge in [0.25, 0.3) is 0 Å². The zero-order valence-corrected chi connectivity index (χ0v) is 9.64. The maximum Gasteiger partial charge on any atom is 0.217 e. The Balaban J connectivity index is 2.06. The van der Waals surface area contributed by atoms with Crippen molar-refractivity contribution in [3.63, 3.8) is 0 Å². The molecule has 1 aliphatic carbocycles. The lowest BCUT2D eigenvalue weighted by molar-refractivity contribution is -0.121. The topological polar surface area (TPSA) is 41.1 Å². The van der Waals surface area contributed by atoms with Gasteiger partial charge in [0.05, 0.1) is 0 Å². The molecule has 1 heterocycles. The van der Waals surface area contributed by atoms with E-state index in [9.17, 15) is 4.79 Å². The minimum absolute atomic E-state index is 0.139. The van der Waals surface area contributed by atoms with E-state index in [-0.39, 0.29) is 5.91 Å². The van der Waals surface area contributed by atoms with Crippen molar-refractivity contribution >= 4 is 5.91 Å². The van der Waals surface area contributed by atoms with Crippen LogP contribution in [0, 0.1) is 5.41 Å². The Morgan fingerprint density at radius 2 is 2.00 bits per heavy atom. The lowest BCUT2D eigenvalue weighted by atomic mass is 9.65. The molecule has 1 atom stereocenters. The van der Waals surface area contributed by atoms with Crippen LogP contribution < -0.4 is 10.6 Å². The van der Waals surface area contributed by atoms with Crippen molar-refractivity contribution in [1.82, 2.24) is 10.6 Å². The third-order valence-corrected chi connectivity index (χ3v) is 4.13. The third-order valence-electron chi connectivity index (χ3n) is 4.13. The maximum atomic E-state index is 11.2. The van der Waals surface area contributed by atoms with E-state index in [1.165, 1.54) is 38.5 Å². The summed E-state index contributed by atoms with van der Waals surface area (Å²) in [5.41, 5.74) is 0.412. The van der Waals surface area contributed by atoms with Crippen molar-refractivity contribution in [2.75, 3.05) is 13.1 Å². The van der Waals surface area contributed by atoms with Gasteiger partial charge in [-0.05, 0) is 44.2 Å². The Bertz CT molecular complexity index is 226. The fourth-order valence-corrected chi connectivity index (χ4v) is 3.30. The molecule has 1 saturated carbocycles. The lowest BCUT2D eigenvalue weighted by Crippen LogP contribution is -2.53. The number of piperidine rings is 1. The molecule has 2 rings (SSSR count). The Morgan fingerprint density at radius 3 is 2.67 bits per heavy atom. The van der Waals surface area contributed by atoms with Crippen molar-refractivity contribution in [3.05, 3.63) is 0 Å². The van der Waals surface area contributed by atoms with Gasteiger partial charge in [-0.15, -0.1) is 0 Å². The fraction of sp³-hybridized carbons (Fsp3) is 0.917. The van der Waals surface area contributed by atoms with Gasteiger partial charge in [-0.25, -0.2) is 0 Å². The second-order valence-electron chi connectivity index (χ2n) is 5.11. The molecule has 1 spiro atoms. The molecule has 0 aromatic carbocycles. The summed E-state index contributed by atoms with van der Waals surface area (Å²) in [5, 5.41) is 6.59. The number of hydrogen-bond donors (Lipinski definition) is 2. The quantitative estimate of drug-likeness (QED) is 0.687. The molecule has 3 nitrogen and oxygen atoms in total. The van der Waals surface area contributed by atoms with E-state index in [1.54, 1.807) is 6.92 Å². The molecular formula is C12H22N2O. The summed E-state index contributed by atoms with van der Waals surface area (Å²) < 4.78 is 0. The van der Waals surface area contributed by atoms with Gasteiger partial charge >= 0.3 is 0 Å². The van der Waals surface area contributed by atoms with Gasteiger partial charge in [0.1, 0.15) is 0 Å². The molecule has 1 unspecified atom stereocenters. The average Bonchev–Trinajstić information content (AvgIpc) is 2.23. The van der Waals surface area contributed by atoms with Gasteiger partial charge in [0.2, 0.25) is 5.91 Å². The lowest BCUT2D eigenvalue weighted by Gasteiger charge is -2.47. The zero-order valence-electron chi connectivity index (χ0n) is 9.64. The van der Waals surface area contributed by atoms with E-state index in [2.05, 4.69) is 10.6 Å². The first-order chi connectivity index (χ1) is 7.23. The van der Waals surface area contributed by atoms with Crippen LogP contribution in [0.2, 0.25) is 0 Å². The second kappa shape index (κ2) is 4.52. The number of hydrogen-bond acceptors (Lipinski definition) is 2. The van der Waals surface area contributed by atoms with Gasteiger partial charge in [-0.3, -0.25) is 4.79 Å². The van der Waals surface area contributed by atoms with E-state index >= 15 is 0 Å². The average molecular weight is 210 g/mol. The number of carbonyl (C=O) groups is 1. The van der Waals surface area contributed by atoms with Crippen molar-refractivity contribution in [2.24, 2.45) is 5.41 Å². The van der Waals surface area contributed by atoms with E-state index < -0.39 is 0 Å². The molecule has 2 fully saturated rings. The molecule has 2 aliphatic rings. The predicted molar refractivity (Wildman–Crippen MR) is 60.6 cm³/mol. The Kier molecular flexibility index (Phi) is 3.29.